The zero-order chi connectivity index (χ0) is 19.6. The molecule has 3 rings (SSSR count). The highest BCUT2D eigenvalue weighted by atomic mass is 16.6. The third-order valence-corrected chi connectivity index (χ3v) is 4.46. The molecule has 0 spiro atoms. The van der Waals surface area contributed by atoms with E-state index in [0.29, 0.717) is 28.1 Å². The molecular weight excluding hydrogens is 344 g/mol. The summed E-state index contributed by atoms with van der Waals surface area (Å²) in [5.41, 5.74) is 6.22. The number of aryl methyl sites for hydroxylation is 1. The minimum atomic E-state index is -0.458. The fourth-order valence-corrected chi connectivity index (χ4v) is 2.84. The summed E-state index contributed by atoms with van der Waals surface area (Å²) in [6.07, 6.45) is 1.57. The summed E-state index contributed by atoms with van der Waals surface area (Å²) in [5.74, 6) is 0.0536. The molecule has 27 heavy (non-hydrogen) atoms. The first-order chi connectivity index (χ1) is 12.9. The van der Waals surface area contributed by atoms with Gasteiger partial charge in [0.1, 0.15) is 5.69 Å². The number of benzene rings is 2. The first kappa shape index (κ1) is 18.3. The molecule has 0 aliphatic heterocycles. The number of hydrazone groups is 1. The van der Waals surface area contributed by atoms with E-state index in [2.05, 4.69) is 29.4 Å². The van der Waals surface area contributed by atoms with Crippen molar-refractivity contribution in [3.05, 3.63) is 75.0 Å². The van der Waals surface area contributed by atoms with Crippen LogP contribution in [0, 0.1) is 17.0 Å². The fourth-order valence-electron chi connectivity index (χ4n) is 2.84. The molecule has 0 saturated carbocycles. The van der Waals surface area contributed by atoms with Crippen molar-refractivity contribution >= 4 is 28.7 Å². The molecule has 0 saturated heterocycles. The van der Waals surface area contributed by atoms with Gasteiger partial charge in [0.25, 0.3) is 11.6 Å². The third-order valence-electron chi connectivity index (χ3n) is 4.46. The number of nitro benzene ring substituents is 1. The van der Waals surface area contributed by atoms with Gasteiger partial charge in [-0.05, 0) is 35.6 Å². The summed E-state index contributed by atoms with van der Waals surface area (Å²) in [4.78, 5) is 25.9. The first-order valence-corrected chi connectivity index (χ1v) is 8.57. The van der Waals surface area contributed by atoms with Crippen LogP contribution in [0.25, 0.3) is 10.9 Å². The lowest BCUT2D eigenvalue weighted by Gasteiger charge is -2.04. The molecule has 0 fully saturated rings. The molecule has 1 aromatic heterocycles. The monoisotopic (exact) mass is 364 g/mol. The predicted molar refractivity (Wildman–Crippen MR) is 105 cm³/mol. The maximum absolute atomic E-state index is 12.4. The fraction of sp³-hybridized carbons (Fsp3) is 0.200. The van der Waals surface area contributed by atoms with Crippen molar-refractivity contribution in [1.82, 2.24) is 10.4 Å². The molecular formula is C20H20N4O3. The van der Waals surface area contributed by atoms with Crippen molar-refractivity contribution in [2.75, 3.05) is 0 Å². The Bertz CT molecular complexity index is 1030. The number of hydrogen-bond acceptors (Lipinski definition) is 4. The van der Waals surface area contributed by atoms with Gasteiger partial charge in [-0.15, -0.1) is 0 Å². The van der Waals surface area contributed by atoms with Crippen LogP contribution < -0.4 is 5.43 Å². The Hall–Kier alpha value is -3.48. The second-order valence-electron chi connectivity index (χ2n) is 6.63. The van der Waals surface area contributed by atoms with Gasteiger partial charge in [0.2, 0.25) is 0 Å². The molecule has 3 aromatic rings. The van der Waals surface area contributed by atoms with Gasteiger partial charge in [0.15, 0.2) is 0 Å². The van der Waals surface area contributed by atoms with E-state index in [9.17, 15) is 14.9 Å². The lowest BCUT2D eigenvalue weighted by atomic mass is 10.0. The number of carbonyl (C=O) groups excluding carboxylic acids is 1. The summed E-state index contributed by atoms with van der Waals surface area (Å²) in [6, 6.07) is 12.4. The summed E-state index contributed by atoms with van der Waals surface area (Å²) in [5, 5.41) is 15.6. The highest BCUT2D eigenvalue weighted by molar-refractivity contribution is 6.01. The predicted octanol–water partition coefficient (Wildman–Crippen LogP) is 4.27. The van der Waals surface area contributed by atoms with Gasteiger partial charge in [-0.25, -0.2) is 5.43 Å². The average molecular weight is 364 g/mol. The molecule has 7 nitrogen and oxygen atoms in total. The van der Waals surface area contributed by atoms with E-state index in [-0.39, 0.29) is 5.69 Å². The molecule has 0 aliphatic rings. The van der Waals surface area contributed by atoms with E-state index in [1.165, 1.54) is 17.7 Å². The molecule has 2 aromatic carbocycles. The van der Waals surface area contributed by atoms with Crippen molar-refractivity contribution in [2.45, 2.75) is 26.7 Å². The summed E-state index contributed by atoms with van der Waals surface area (Å²) < 4.78 is 0. The molecule has 1 amide bonds. The van der Waals surface area contributed by atoms with Gasteiger partial charge < -0.3 is 4.98 Å². The summed E-state index contributed by atoms with van der Waals surface area (Å²) >= 11 is 0. The topological polar surface area (TPSA) is 100 Å². The molecule has 0 unspecified atom stereocenters. The van der Waals surface area contributed by atoms with Gasteiger partial charge in [-0.3, -0.25) is 14.9 Å². The van der Waals surface area contributed by atoms with E-state index in [0.717, 1.165) is 5.56 Å². The van der Waals surface area contributed by atoms with Crippen LogP contribution in [0.15, 0.2) is 47.6 Å². The molecule has 1 heterocycles. The Morgan fingerprint density at radius 2 is 1.93 bits per heavy atom. The van der Waals surface area contributed by atoms with E-state index in [1.54, 1.807) is 19.2 Å². The van der Waals surface area contributed by atoms with Crippen molar-refractivity contribution in [1.29, 1.82) is 0 Å². The number of non-ortho nitro benzene ring substituents is 1. The van der Waals surface area contributed by atoms with Crippen LogP contribution in [-0.4, -0.2) is 22.0 Å². The number of amides is 1. The third kappa shape index (κ3) is 3.87. The van der Waals surface area contributed by atoms with Crippen molar-refractivity contribution in [3.8, 4) is 0 Å². The Kier molecular flexibility index (Phi) is 5.03. The van der Waals surface area contributed by atoms with Gasteiger partial charge in [0, 0.05) is 23.0 Å². The maximum Gasteiger partial charge on any atom is 0.288 e. The van der Waals surface area contributed by atoms with Crippen LogP contribution in [0.1, 0.15) is 46.9 Å². The van der Waals surface area contributed by atoms with Gasteiger partial charge in [-0.2, -0.15) is 5.10 Å². The molecule has 138 valence electrons. The highest BCUT2D eigenvalue weighted by Crippen LogP contribution is 2.26. The highest BCUT2D eigenvalue weighted by Gasteiger charge is 2.16. The van der Waals surface area contributed by atoms with E-state index >= 15 is 0 Å². The SMILES string of the molecule is Cc1c(C(=O)N/N=C/c2ccc(C(C)C)cc2)[nH]c2ccc([N+](=O)[O-])cc12. The van der Waals surface area contributed by atoms with Crippen LogP contribution in [-0.2, 0) is 0 Å². The van der Waals surface area contributed by atoms with Crippen LogP contribution in [0.5, 0.6) is 0 Å². The first-order valence-electron chi connectivity index (χ1n) is 8.57. The number of hydrogen-bond donors (Lipinski definition) is 2. The number of fused-ring (bicyclic) bond motifs is 1. The quantitative estimate of drug-likeness (QED) is 0.401. The second kappa shape index (κ2) is 7.41. The van der Waals surface area contributed by atoms with Crippen molar-refractivity contribution in [2.24, 2.45) is 5.10 Å². The van der Waals surface area contributed by atoms with Gasteiger partial charge in [-0.1, -0.05) is 38.1 Å². The Labute approximate surface area is 156 Å². The number of carbonyl (C=O) groups is 1. The zero-order valence-electron chi connectivity index (χ0n) is 15.3. The van der Waals surface area contributed by atoms with Crippen LogP contribution in [0.2, 0.25) is 0 Å². The van der Waals surface area contributed by atoms with Crippen molar-refractivity contribution < 1.29 is 9.72 Å². The van der Waals surface area contributed by atoms with E-state index in [4.69, 9.17) is 0 Å². The van der Waals surface area contributed by atoms with Gasteiger partial charge in [0.05, 0.1) is 11.1 Å². The molecule has 2 N–H and O–H groups in total. The largest absolute Gasteiger partial charge is 0.350 e. The number of nitrogens with one attached hydrogen (secondary N) is 2. The normalized spacial score (nSPS) is 11.4. The maximum atomic E-state index is 12.4. The van der Waals surface area contributed by atoms with Crippen molar-refractivity contribution in [3.63, 3.8) is 0 Å². The minimum Gasteiger partial charge on any atom is -0.350 e. The van der Waals surface area contributed by atoms with Gasteiger partial charge >= 0.3 is 0 Å². The lowest BCUT2D eigenvalue weighted by molar-refractivity contribution is -0.384. The Balaban J connectivity index is 1.76. The molecule has 0 radical (unpaired) electrons. The average Bonchev–Trinajstić information content (AvgIpc) is 2.98. The van der Waals surface area contributed by atoms with E-state index in [1.807, 2.05) is 24.3 Å². The summed E-state index contributed by atoms with van der Waals surface area (Å²) in [6.45, 7) is 5.99. The zero-order valence-corrected chi connectivity index (χ0v) is 15.3. The lowest BCUT2D eigenvalue weighted by Crippen LogP contribution is -2.18. The van der Waals surface area contributed by atoms with E-state index < -0.39 is 10.8 Å². The number of nitro groups is 1. The second-order valence-corrected chi connectivity index (χ2v) is 6.63. The number of nitrogens with zero attached hydrogens (tertiary/aromatic N) is 2. The molecule has 0 aliphatic carbocycles. The number of aromatic amines is 1. The number of rotatable bonds is 5. The Morgan fingerprint density at radius 1 is 1.22 bits per heavy atom. The smallest absolute Gasteiger partial charge is 0.288 e. The van der Waals surface area contributed by atoms with Crippen LogP contribution in [0.3, 0.4) is 0 Å². The molecule has 7 heteroatoms. The van der Waals surface area contributed by atoms with Crippen LogP contribution in [0.4, 0.5) is 5.69 Å². The molecule has 0 bridgehead atoms. The number of aromatic nitrogens is 1. The Morgan fingerprint density at radius 3 is 2.56 bits per heavy atom. The minimum absolute atomic E-state index is 0.0144. The molecule has 0 atom stereocenters. The number of H-pyrrole nitrogens is 1. The summed E-state index contributed by atoms with van der Waals surface area (Å²) in [7, 11) is 0. The standard InChI is InChI=1S/C20H20N4O3/c1-12(2)15-6-4-14(5-7-15)11-21-23-20(25)19-13(3)17-10-16(24(26)27)8-9-18(17)22-19/h4-12,22H,1-3H3,(H,23,25)/b21-11+. The van der Waals surface area contributed by atoms with Crippen LogP contribution >= 0.6 is 0 Å².